The Labute approximate surface area is 140 Å². The molecule has 1 aliphatic rings. The summed E-state index contributed by atoms with van der Waals surface area (Å²) < 4.78 is 0. The van der Waals surface area contributed by atoms with Gasteiger partial charge in [0.1, 0.15) is 10.9 Å². The van der Waals surface area contributed by atoms with E-state index in [4.69, 9.17) is 0 Å². The number of fused-ring (bicyclic) bond motifs is 1. The molecule has 3 heterocycles. The number of carbonyl (C=O) groups excluding carboxylic acids is 1. The Kier molecular flexibility index (Phi) is 4.61. The van der Waals surface area contributed by atoms with Crippen LogP contribution in [0.4, 0.5) is 0 Å². The Balaban J connectivity index is 1.80. The van der Waals surface area contributed by atoms with E-state index in [1.165, 1.54) is 11.8 Å². The molecule has 1 amide bonds. The van der Waals surface area contributed by atoms with Crippen molar-refractivity contribution in [1.82, 2.24) is 19.9 Å². The van der Waals surface area contributed by atoms with Crippen molar-refractivity contribution in [3.8, 4) is 0 Å². The number of hydrogen-bond donors (Lipinski definition) is 0. The second kappa shape index (κ2) is 6.66. The number of hydrogen-bond acceptors (Lipinski definition) is 5. The average molecular weight is 328 g/mol. The monoisotopic (exact) mass is 328 g/mol. The normalized spacial score (nSPS) is 13.5. The molecule has 5 nitrogen and oxygen atoms in total. The van der Waals surface area contributed by atoms with Gasteiger partial charge >= 0.3 is 0 Å². The van der Waals surface area contributed by atoms with Crippen LogP contribution in [0, 0.1) is 5.92 Å². The van der Waals surface area contributed by atoms with Gasteiger partial charge in [-0.15, -0.1) is 11.8 Å². The summed E-state index contributed by atoms with van der Waals surface area (Å²) in [5, 5.41) is 0.764. The fraction of sp³-hybridized carbons (Fsp3) is 0.412. The lowest BCUT2D eigenvalue weighted by Crippen LogP contribution is -2.26. The van der Waals surface area contributed by atoms with E-state index in [9.17, 15) is 4.79 Å². The predicted octanol–water partition coefficient (Wildman–Crippen LogP) is 2.95. The molecule has 0 fully saturated rings. The maximum absolute atomic E-state index is 12.8. The van der Waals surface area contributed by atoms with E-state index in [0.717, 1.165) is 28.5 Å². The van der Waals surface area contributed by atoms with Crippen molar-refractivity contribution in [1.29, 1.82) is 0 Å². The van der Waals surface area contributed by atoms with Gasteiger partial charge < -0.3 is 4.90 Å². The van der Waals surface area contributed by atoms with Crippen LogP contribution < -0.4 is 0 Å². The Hall–Kier alpha value is -1.95. The van der Waals surface area contributed by atoms with E-state index in [0.29, 0.717) is 24.6 Å². The van der Waals surface area contributed by atoms with E-state index in [1.807, 2.05) is 23.4 Å². The van der Waals surface area contributed by atoms with Gasteiger partial charge in [-0.3, -0.25) is 4.79 Å². The summed E-state index contributed by atoms with van der Waals surface area (Å²) in [6, 6.07) is 3.64. The van der Waals surface area contributed by atoms with Gasteiger partial charge in [0.05, 0.1) is 17.8 Å². The van der Waals surface area contributed by atoms with Crippen molar-refractivity contribution in [2.24, 2.45) is 5.92 Å². The molecule has 0 saturated heterocycles. The third kappa shape index (κ3) is 3.37. The van der Waals surface area contributed by atoms with E-state index >= 15 is 0 Å². The molecule has 1 aliphatic heterocycles. The Morgan fingerprint density at radius 1 is 1.35 bits per heavy atom. The molecule has 2 aromatic heterocycles. The summed E-state index contributed by atoms with van der Waals surface area (Å²) in [4.78, 5) is 27.9. The van der Waals surface area contributed by atoms with Crippen molar-refractivity contribution < 1.29 is 4.79 Å². The molecule has 0 N–H and O–H groups in total. The predicted molar refractivity (Wildman–Crippen MR) is 90.2 cm³/mol. The SMILES string of the molecule is CSc1ncccc1C(=O)N1Cc2cnc(CC(C)C)nc2C1. The smallest absolute Gasteiger partial charge is 0.257 e. The molecule has 0 radical (unpaired) electrons. The highest BCUT2D eigenvalue weighted by Gasteiger charge is 2.27. The fourth-order valence-electron chi connectivity index (χ4n) is 2.69. The first-order valence-electron chi connectivity index (χ1n) is 7.70. The topological polar surface area (TPSA) is 59.0 Å². The quantitative estimate of drug-likeness (QED) is 0.808. The fourth-order valence-corrected chi connectivity index (χ4v) is 3.23. The summed E-state index contributed by atoms with van der Waals surface area (Å²) in [5.41, 5.74) is 2.67. The molecule has 0 aromatic carbocycles. The summed E-state index contributed by atoms with van der Waals surface area (Å²) in [6.07, 6.45) is 6.37. The third-order valence-corrected chi connectivity index (χ3v) is 4.49. The molecule has 0 spiro atoms. The van der Waals surface area contributed by atoms with Crippen LogP contribution in [0.3, 0.4) is 0 Å². The van der Waals surface area contributed by atoms with Gasteiger partial charge in [-0.05, 0) is 24.3 Å². The minimum Gasteiger partial charge on any atom is -0.328 e. The van der Waals surface area contributed by atoms with Crippen LogP contribution in [0.15, 0.2) is 29.6 Å². The number of nitrogens with zero attached hydrogens (tertiary/aromatic N) is 4. The Bertz CT molecular complexity index is 732. The molecule has 120 valence electrons. The lowest BCUT2D eigenvalue weighted by molar-refractivity contribution is 0.0746. The van der Waals surface area contributed by atoms with Crippen LogP contribution in [0.2, 0.25) is 0 Å². The second-order valence-electron chi connectivity index (χ2n) is 6.08. The van der Waals surface area contributed by atoms with Crippen LogP contribution in [0.5, 0.6) is 0 Å². The molecular formula is C17H20N4OS. The summed E-state index contributed by atoms with van der Waals surface area (Å²) in [7, 11) is 0. The molecule has 6 heteroatoms. The van der Waals surface area contributed by atoms with Crippen molar-refractivity contribution in [2.45, 2.75) is 38.4 Å². The maximum Gasteiger partial charge on any atom is 0.257 e. The highest BCUT2D eigenvalue weighted by Crippen LogP contribution is 2.25. The molecular weight excluding hydrogens is 308 g/mol. The number of pyridine rings is 1. The van der Waals surface area contributed by atoms with Gasteiger partial charge in [0.25, 0.3) is 5.91 Å². The molecule has 0 bridgehead atoms. The summed E-state index contributed by atoms with van der Waals surface area (Å²) in [5.74, 6) is 1.39. The Morgan fingerprint density at radius 3 is 2.91 bits per heavy atom. The number of amides is 1. The van der Waals surface area contributed by atoms with Gasteiger partial charge in [-0.2, -0.15) is 0 Å². The highest BCUT2D eigenvalue weighted by molar-refractivity contribution is 7.98. The van der Waals surface area contributed by atoms with Gasteiger partial charge in [-0.1, -0.05) is 13.8 Å². The van der Waals surface area contributed by atoms with Crippen LogP contribution in [-0.2, 0) is 19.5 Å². The van der Waals surface area contributed by atoms with Crippen LogP contribution in [0.1, 0.15) is 41.3 Å². The van der Waals surface area contributed by atoms with Gasteiger partial charge in [0, 0.05) is 30.9 Å². The number of aromatic nitrogens is 3. The average Bonchev–Trinajstić information content (AvgIpc) is 2.96. The van der Waals surface area contributed by atoms with Crippen molar-refractivity contribution in [3.05, 3.63) is 47.2 Å². The maximum atomic E-state index is 12.8. The molecule has 0 unspecified atom stereocenters. The zero-order valence-electron chi connectivity index (χ0n) is 13.6. The van der Waals surface area contributed by atoms with Gasteiger partial charge in [-0.25, -0.2) is 15.0 Å². The zero-order valence-corrected chi connectivity index (χ0v) is 14.4. The van der Waals surface area contributed by atoms with Gasteiger partial charge in [0.15, 0.2) is 0 Å². The van der Waals surface area contributed by atoms with Crippen molar-refractivity contribution in [2.75, 3.05) is 6.26 Å². The first-order chi connectivity index (χ1) is 11.1. The van der Waals surface area contributed by atoms with E-state index < -0.39 is 0 Å². The van der Waals surface area contributed by atoms with E-state index in [2.05, 4.69) is 28.8 Å². The molecule has 3 rings (SSSR count). The van der Waals surface area contributed by atoms with Crippen LogP contribution in [0.25, 0.3) is 0 Å². The summed E-state index contributed by atoms with van der Waals surface area (Å²) >= 11 is 1.49. The first kappa shape index (κ1) is 15.9. The largest absolute Gasteiger partial charge is 0.328 e. The Morgan fingerprint density at radius 2 is 2.17 bits per heavy atom. The third-order valence-electron chi connectivity index (χ3n) is 3.78. The molecule has 0 atom stereocenters. The lowest BCUT2D eigenvalue weighted by atomic mass is 10.1. The van der Waals surface area contributed by atoms with Crippen molar-refractivity contribution >= 4 is 17.7 Å². The van der Waals surface area contributed by atoms with Crippen LogP contribution in [-0.4, -0.2) is 32.0 Å². The minimum absolute atomic E-state index is 0.00543. The van der Waals surface area contributed by atoms with E-state index in [-0.39, 0.29) is 5.91 Å². The molecule has 0 saturated carbocycles. The number of rotatable bonds is 4. The molecule has 0 aliphatic carbocycles. The number of carbonyl (C=O) groups is 1. The van der Waals surface area contributed by atoms with Gasteiger partial charge in [0.2, 0.25) is 0 Å². The number of thioether (sulfide) groups is 1. The zero-order chi connectivity index (χ0) is 16.4. The first-order valence-corrected chi connectivity index (χ1v) is 8.93. The standard InChI is InChI=1S/C17H20N4OS/c1-11(2)7-15-19-8-12-9-21(10-14(12)20-15)17(22)13-5-4-6-18-16(13)23-3/h4-6,8,11H,7,9-10H2,1-3H3. The molecule has 23 heavy (non-hydrogen) atoms. The highest BCUT2D eigenvalue weighted by atomic mass is 32.2. The minimum atomic E-state index is 0.00543. The van der Waals surface area contributed by atoms with Crippen LogP contribution >= 0.6 is 11.8 Å². The summed E-state index contributed by atoms with van der Waals surface area (Å²) in [6.45, 7) is 5.42. The van der Waals surface area contributed by atoms with Crippen molar-refractivity contribution in [3.63, 3.8) is 0 Å². The molecule has 2 aromatic rings. The lowest BCUT2D eigenvalue weighted by Gasteiger charge is -2.16. The second-order valence-corrected chi connectivity index (χ2v) is 6.87. The van der Waals surface area contributed by atoms with E-state index in [1.54, 1.807) is 12.3 Å².